The van der Waals surface area contributed by atoms with Crippen molar-refractivity contribution in [2.24, 2.45) is 5.73 Å². The number of carboxylic acids is 1. The first kappa shape index (κ1) is 11.5. The Hall–Kier alpha value is -0.460. The third-order valence-corrected chi connectivity index (χ3v) is 1.70. The molecule has 0 aliphatic carbocycles. The highest BCUT2D eigenvalue weighted by molar-refractivity contribution is 7.46. The number of carboxylic acid groups (broad SMARTS) is 1. The van der Waals surface area contributed by atoms with Crippen LogP contribution >= 0.6 is 7.82 Å². The van der Waals surface area contributed by atoms with Gasteiger partial charge in [0.15, 0.2) is 0 Å². The van der Waals surface area contributed by atoms with Crippen LogP contribution in [0.5, 0.6) is 0 Å². The van der Waals surface area contributed by atoms with Gasteiger partial charge in [-0.1, -0.05) is 0 Å². The smallest absolute Gasteiger partial charge is 0.469 e. The average molecular weight is 200 g/mol. The molecule has 5 N–H and O–H groups in total. The molecule has 0 fully saturated rings. The molecule has 0 heterocycles. The molecule has 0 saturated carbocycles. The average Bonchev–Trinajstić information content (AvgIpc) is 1.82. The van der Waals surface area contributed by atoms with Gasteiger partial charge in [0.25, 0.3) is 0 Å². The van der Waals surface area contributed by atoms with Crippen molar-refractivity contribution < 1.29 is 28.8 Å². The minimum absolute atomic E-state index is 1.16. The van der Waals surface area contributed by atoms with E-state index in [2.05, 4.69) is 4.52 Å². The van der Waals surface area contributed by atoms with Crippen molar-refractivity contribution in [3.8, 4) is 0 Å². The topological polar surface area (TPSA) is 130 Å². The Morgan fingerprint density at radius 3 is 2.25 bits per heavy atom. The molecule has 0 aliphatic heterocycles. The van der Waals surface area contributed by atoms with Crippen LogP contribution in [-0.4, -0.2) is 33.0 Å². The molecule has 0 saturated heterocycles. The van der Waals surface area contributed by atoms with Gasteiger partial charge < -0.3 is 20.6 Å². The van der Waals surface area contributed by atoms with Crippen molar-refractivity contribution in [2.45, 2.75) is 19.1 Å². The summed E-state index contributed by atoms with van der Waals surface area (Å²) in [5.74, 6) is -1.38. The zero-order valence-corrected chi connectivity index (χ0v) is 7.14. The summed E-state index contributed by atoms with van der Waals surface area (Å²) in [6.45, 7) is 1.16. The molecule has 0 aromatic heterocycles. The molecule has 8 heteroatoms. The van der Waals surface area contributed by atoms with Gasteiger partial charge >= 0.3 is 13.8 Å². The molecule has 72 valence electrons. The fourth-order valence-electron chi connectivity index (χ4n) is 0.483. The molecule has 0 spiro atoms. The first-order chi connectivity index (χ1) is 5.24. The lowest BCUT2D eigenvalue weighted by atomic mass is 10.2. The molecule has 0 radical (unpaired) electrons. The Labute approximate surface area is 68.4 Å². The molecule has 0 aromatic rings. The summed E-state index contributed by atoms with van der Waals surface area (Å²) in [4.78, 5) is 26.7. The SMILES string of the molecule is C[C@@H](O[32P](=O)(O)O)[C@H](N)C(=O)O. The van der Waals surface area contributed by atoms with Crippen LogP contribution in [0.3, 0.4) is 0 Å². The maximum Gasteiger partial charge on any atom is 0.469 e. The molecule has 0 rings (SSSR count). The van der Waals surface area contributed by atoms with Crippen molar-refractivity contribution >= 4 is 13.8 Å². The van der Waals surface area contributed by atoms with E-state index in [0.717, 1.165) is 6.92 Å². The number of aliphatic carboxylic acids is 1. The van der Waals surface area contributed by atoms with E-state index in [1.807, 2.05) is 0 Å². The Kier molecular flexibility index (Phi) is 3.82. The molecule has 7 nitrogen and oxygen atoms in total. The molecular weight excluding hydrogens is 190 g/mol. The lowest BCUT2D eigenvalue weighted by Crippen LogP contribution is -2.41. The van der Waals surface area contributed by atoms with E-state index < -0.39 is 25.9 Å². The normalized spacial score (nSPS) is 17.0. The fraction of sp³-hybridized carbons (Fsp3) is 0.750. The zero-order chi connectivity index (χ0) is 9.94. The number of phosphoric ester groups is 1. The highest BCUT2D eigenvalue weighted by atomic mass is 32.2. The predicted octanol–water partition coefficient (Wildman–Crippen LogP) is -1.10. The van der Waals surface area contributed by atoms with E-state index in [1.54, 1.807) is 0 Å². The monoisotopic (exact) mass is 200 g/mol. The van der Waals surface area contributed by atoms with Crippen molar-refractivity contribution in [2.75, 3.05) is 0 Å². The van der Waals surface area contributed by atoms with Gasteiger partial charge in [-0.2, -0.15) is 0 Å². The second kappa shape index (κ2) is 3.97. The standard InChI is InChI=1S/C4H10NO6P/c1-2(3(5)4(6)7)11-12(8,9)10/h2-3H,5H2,1H3,(H,6,7)(H2,8,9,10)/t2-,3+/m1/s1/i12+1. The van der Waals surface area contributed by atoms with Crippen LogP contribution in [0.2, 0.25) is 0 Å². The Balaban J connectivity index is 4.13. The van der Waals surface area contributed by atoms with Gasteiger partial charge in [-0.05, 0) is 6.92 Å². The molecule has 0 bridgehead atoms. The zero-order valence-electron chi connectivity index (χ0n) is 6.25. The van der Waals surface area contributed by atoms with Crippen molar-refractivity contribution in [1.82, 2.24) is 0 Å². The number of phosphoric acid groups is 1. The summed E-state index contributed by atoms with van der Waals surface area (Å²) in [7, 11) is -4.66. The third-order valence-electron chi connectivity index (χ3n) is 1.09. The Morgan fingerprint density at radius 2 is 2.00 bits per heavy atom. The van der Waals surface area contributed by atoms with Crippen molar-refractivity contribution in [3.63, 3.8) is 0 Å². The van der Waals surface area contributed by atoms with Crippen LogP contribution in [0, 0.1) is 0 Å². The quantitative estimate of drug-likeness (QED) is 0.423. The lowest BCUT2D eigenvalue weighted by molar-refractivity contribution is -0.140. The summed E-state index contributed by atoms with van der Waals surface area (Å²) in [6, 6.07) is -1.45. The minimum atomic E-state index is -4.66. The van der Waals surface area contributed by atoms with E-state index in [-0.39, 0.29) is 0 Å². The Morgan fingerprint density at radius 1 is 1.58 bits per heavy atom. The number of rotatable bonds is 4. The van der Waals surface area contributed by atoms with Crippen molar-refractivity contribution in [1.29, 1.82) is 0 Å². The van der Waals surface area contributed by atoms with Crippen LogP contribution in [0.1, 0.15) is 6.92 Å². The van der Waals surface area contributed by atoms with E-state index in [9.17, 15) is 9.36 Å². The van der Waals surface area contributed by atoms with Gasteiger partial charge in [-0.3, -0.25) is 9.32 Å². The van der Waals surface area contributed by atoms with Gasteiger partial charge in [-0.25, -0.2) is 4.57 Å². The summed E-state index contributed by atoms with van der Waals surface area (Å²) >= 11 is 0. The summed E-state index contributed by atoms with van der Waals surface area (Å²) in [5.41, 5.74) is 5.00. The van der Waals surface area contributed by atoms with Crippen LogP contribution in [0.4, 0.5) is 0 Å². The van der Waals surface area contributed by atoms with Gasteiger partial charge in [0.2, 0.25) is 0 Å². The van der Waals surface area contributed by atoms with Crippen LogP contribution in [0.25, 0.3) is 0 Å². The van der Waals surface area contributed by atoms with Crippen LogP contribution in [-0.2, 0) is 13.9 Å². The second-order valence-corrected chi connectivity index (χ2v) is 3.36. The highest BCUT2D eigenvalue weighted by Crippen LogP contribution is 2.37. The molecule has 12 heavy (non-hydrogen) atoms. The molecular formula is C4H10NO6P. The van der Waals surface area contributed by atoms with E-state index in [4.69, 9.17) is 20.6 Å². The van der Waals surface area contributed by atoms with Gasteiger partial charge in [0.05, 0.1) is 6.10 Å². The van der Waals surface area contributed by atoms with E-state index in [1.165, 1.54) is 0 Å². The number of nitrogens with two attached hydrogens (primary N) is 1. The first-order valence-electron chi connectivity index (χ1n) is 2.96. The van der Waals surface area contributed by atoms with Crippen LogP contribution < -0.4 is 5.73 Å². The second-order valence-electron chi connectivity index (χ2n) is 2.17. The minimum Gasteiger partial charge on any atom is -0.480 e. The van der Waals surface area contributed by atoms with E-state index >= 15 is 0 Å². The first-order valence-corrected chi connectivity index (χ1v) is 4.49. The largest absolute Gasteiger partial charge is 0.480 e. The highest BCUT2D eigenvalue weighted by Gasteiger charge is 2.27. The number of hydrogen-bond donors (Lipinski definition) is 4. The number of carbonyl (C=O) groups is 1. The molecule has 0 aromatic carbocycles. The van der Waals surface area contributed by atoms with Gasteiger partial charge in [0, 0.05) is 0 Å². The van der Waals surface area contributed by atoms with Gasteiger partial charge in [-0.15, -0.1) is 0 Å². The number of hydrogen-bond acceptors (Lipinski definition) is 4. The summed E-state index contributed by atoms with van der Waals surface area (Å²) < 4.78 is 14.2. The lowest BCUT2D eigenvalue weighted by Gasteiger charge is -2.16. The fourth-order valence-corrected chi connectivity index (χ4v) is 1.05. The Bertz CT molecular complexity index is 212. The maximum absolute atomic E-state index is 10.2. The molecule has 2 atom stereocenters. The molecule has 0 aliphatic rings. The maximum atomic E-state index is 10.2. The molecule has 0 amide bonds. The third kappa shape index (κ3) is 4.42. The summed E-state index contributed by atoms with van der Waals surface area (Å²) in [6.07, 6.45) is -1.23. The predicted molar refractivity (Wildman–Crippen MR) is 38.2 cm³/mol. The molecule has 0 unspecified atom stereocenters. The van der Waals surface area contributed by atoms with Crippen molar-refractivity contribution in [3.05, 3.63) is 0 Å². The van der Waals surface area contributed by atoms with Gasteiger partial charge in [0.1, 0.15) is 6.04 Å². The summed E-state index contributed by atoms with van der Waals surface area (Å²) in [5, 5.41) is 8.29. The van der Waals surface area contributed by atoms with Crippen LogP contribution in [0.15, 0.2) is 0 Å². The van der Waals surface area contributed by atoms with E-state index in [0.29, 0.717) is 0 Å².